The van der Waals surface area contributed by atoms with E-state index in [0.717, 1.165) is 0 Å². The van der Waals surface area contributed by atoms with E-state index in [-0.39, 0.29) is 12.0 Å². The molecule has 1 aliphatic carbocycles. The number of ether oxygens (including phenoxy) is 1. The number of nitrogens with two attached hydrogens (primary N) is 1. The molecule has 1 aliphatic rings. The summed E-state index contributed by atoms with van der Waals surface area (Å²) in [6.07, 6.45) is 0.409. The molecule has 2 rings (SSSR count). The Kier molecular flexibility index (Phi) is 5.33. The summed E-state index contributed by atoms with van der Waals surface area (Å²) < 4.78 is 30.2. The number of hydrogen-bond donors (Lipinski definition) is 2. The normalized spacial score (nSPS) is 26.0. The summed E-state index contributed by atoms with van der Waals surface area (Å²) >= 11 is 0.465. The minimum Gasteiger partial charge on any atom is -0.378 e. The second kappa shape index (κ2) is 6.75. The van der Waals surface area contributed by atoms with Gasteiger partial charge in [-0.25, -0.2) is 0 Å². The average molecular weight is 344 g/mol. The molecule has 0 aliphatic heterocycles. The van der Waals surface area contributed by atoms with Crippen LogP contribution in [0.5, 0.6) is 0 Å². The Balaban J connectivity index is 2.02. The van der Waals surface area contributed by atoms with Crippen molar-refractivity contribution >= 4 is 23.4 Å². The molecule has 0 aromatic heterocycles. The van der Waals surface area contributed by atoms with Crippen molar-refractivity contribution < 1.29 is 18.3 Å². The van der Waals surface area contributed by atoms with E-state index >= 15 is 0 Å². The number of carbonyl (C=O) groups is 1. The van der Waals surface area contributed by atoms with Crippen LogP contribution in [0, 0.1) is 5.41 Å². The first-order chi connectivity index (χ1) is 10.7. The Morgan fingerprint density at radius 2 is 2.04 bits per heavy atom. The number of hydrogen-bond acceptors (Lipinski definition) is 4. The van der Waals surface area contributed by atoms with Gasteiger partial charge in [-0.05, 0) is 31.2 Å². The number of thioether (sulfide) groups is 1. The van der Waals surface area contributed by atoms with E-state index in [1.807, 2.05) is 20.8 Å². The van der Waals surface area contributed by atoms with Gasteiger partial charge in [0.15, 0.2) is 0 Å². The van der Waals surface area contributed by atoms with Crippen molar-refractivity contribution in [2.45, 2.75) is 49.5 Å². The van der Waals surface area contributed by atoms with Crippen molar-refractivity contribution in [2.24, 2.45) is 11.1 Å². The van der Waals surface area contributed by atoms with Gasteiger partial charge in [-0.2, -0.15) is 8.78 Å². The molecular formula is C16H22F2N2O2S. The van der Waals surface area contributed by atoms with E-state index in [4.69, 9.17) is 10.5 Å². The molecule has 0 spiro atoms. The van der Waals surface area contributed by atoms with Gasteiger partial charge >= 0.3 is 0 Å². The predicted octanol–water partition coefficient (Wildman–Crippen LogP) is 3.47. The molecule has 4 nitrogen and oxygen atoms in total. The number of carbonyl (C=O) groups excluding carboxylic acids is 1. The maximum absolute atomic E-state index is 12.5. The van der Waals surface area contributed by atoms with Crippen LogP contribution in [-0.4, -0.2) is 29.9 Å². The van der Waals surface area contributed by atoms with Gasteiger partial charge in [-0.15, -0.1) is 0 Å². The van der Waals surface area contributed by atoms with Gasteiger partial charge in [-0.1, -0.05) is 25.6 Å². The molecule has 2 atom stereocenters. The van der Waals surface area contributed by atoms with Crippen molar-refractivity contribution in [3.05, 3.63) is 24.3 Å². The monoisotopic (exact) mass is 344 g/mol. The number of anilines is 1. The van der Waals surface area contributed by atoms with E-state index in [0.29, 0.717) is 35.4 Å². The second-order valence-corrected chi connectivity index (χ2v) is 7.26. The lowest BCUT2D eigenvalue weighted by atomic mass is 9.54. The van der Waals surface area contributed by atoms with Gasteiger partial charge in [0.1, 0.15) is 5.54 Å². The number of benzene rings is 1. The van der Waals surface area contributed by atoms with Crippen LogP contribution >= 0.6 is 11.8 Å². The summed E-state index contributed by atoms with van der Waals surface area (Å²) in [7, 11) is 0. The molecule has 1 fully saturated rings. The fraction of sp³-hybridized carbons (Fsp3) is 0.562. The van der Waals surface area contributed by atoms with Gasteiger partial charge in [0, 0.05) is 29.0 Å². The number of nitrogens with one attached hydrogen (secondary N) is 1. The smallest absolute Gasteiger partial charge is 0.288 e. The quantitative estimate of drug-likeness (QED) is 0.776. The third kappa shape index (κ3) is 3.51. The topological polar surface area (TPSA) is 64.3 Å². The average Bonchev–Trinajstić information content (AvgIpc) is 2.48. The van der Waals surface area contributed by atoms with Crippen LogP contribution in [0.2, 0.25) is 0 Å². The summed E-state index contributed by atoms with van der Waals surface area (Å²) in [5.41, 5.74) is 5.34. The van der Waals surface area contributed by atoms with Crippen LogP contribution in [0.4, 0.5) is 14.5 Å². The fourth-order valence-corrected chi connectivity index (χ4v) is 3.28. The minimum absolute atomic E-state index is 0.0481. The Morgan fingerprint density at radius 1 is 1.43 bits per heavy atom. The standard InChI is InChI=1S/C16H22F2N2O2S/c1-4-22-12-9-16(19,15(12,2)3)13(21)20-10-5-7-11(8-6-10)23-14(17)18/h5-8,12,14H,4,9,19H2,1-3H3,(H,20,21). The lowest BCUT2D eigenvalue weighted by Crippen LogP contribution is -2.74. The fourth-order valence-electron chi connectivity index (χ4n) is 2.78. The highest BCUT2D eigenvalue weighted by Crippen LogP contribution is 2.50. The van der Waals surface area contributed by atoms with Crippen molar-refractivity contribution in [2.75, 3.05) is 11.9 Å². The van der Waals surface area contributed by atoms with E-state index in [9.17, 15) is 13.6 Å². The highest BCUT2D eigenvalue weighted by atomic mass is 32.2. The number of alkyl halides is 2. The molecule has 2 unspecified atom stereocenters. The highest BCUT2D eigenvalue weighted by Gasteiger charge is 2.62. The van der Waals surface area contributed by atoms with E-state index in [2.05, 4.69) is 5.32 Å². The van der Waals surface area contributed by atoms with Crippen molar-refractivity contribution in [1.29, 1.82) is 0 Å². The molecule has 1 saturated carbocycles. The van der Waals surface area contributed by atoms with Gasteiger partial charge in [0.05, 0.1) is 6.10 Å². The van der Waals surface area contributed by atoms with Crippen LogP contribution in [-0.2, 0) is 9.53 Å². The highest BCUT2D eigenvalue weighted by molar-refractivity contribution is 7.99. The Bertz CT molecular complexity index is 566. The van der Waals surface area contributed by atoms with Gasteiger partial charge in [0.25, 0.3) is 5.76 Å². The van der Waals surface area contributed by atoms with Crippen LogP contribution in [0.15, 0.2) is 29.2 Å². The molecular weight excluding hydrogens is 322 g/mol. The van der Waals surface area contributed by atoms with E-state index in [1.54, 1.807) is 24.3 Å². The molecule has 1 aromatic carbocycles. The first kappa shape index (κ1) is 18.2. The lowest BCUT2D eigenvalue weighted by molar-refractivity contribution is -0.166. The zero-order valence-electron chi connectivity index (χ0n) is 13.4. The number of rotatable bonds is 6. The summed E-state index contributed by atoms with van der Waals surface area (Å²) in [5.74, 6) is -2.75. The second-order valence-electron chi connectivity index (χ2n) is 6.20. The van der Waals surface area contributed by atoms with Crippen LogP contribution in [0.25, 0.3) is 0 Å². The van der Waals surface area contributed by atoms with Crippen molar-refractivity contribution in [1.82, 2.24) is 0 Å². The largest absolute Gasteiger partial charge is 0.378 e. The summed E-state index contributed by atoms with van der Waals surface area (Å²) in [6, 6.07) is 6.28. The zero-order chi connectivity index (χ0) is 17.3. The summed E-state index contributed by atoms with van der Waals surface area (Å²) in [4.78, 5) is 13.0. The van der Waals surface area contributed by atoms with Crippen LogP contribution < -0.4 is 11.1 Å². The Morgan fingerprint density at radius 3 is 2.52 bits per heavy atom. The maximum Gasteiger partial charge on any atom is 0.288 e. The molecule has 7 heteroatoms. The van der Waals surface area contributed by atoms with Crippen molar-refractivity contribution in [3.8, 4) is 0 Å². The van der Waals surface area contributed by atoms with Gasteiger partial charge in [-0.3, -0.25) is 4.79 Å². The molecule has 0 heterocycles. The molecule has 1 amide bonds. The number of halogens is 2. The Labute approximate surface area is 139 Å². The molecule has 128 valence electrons. The third-order valence-electron chi connectivity index (χ3n) is 4.57. The minimum atomic E-state index is -2.46. The molecule has 0 bridgehead atoms. The van der Waals surface area contributed by atoms with Crippen LogP contribution in [0.3, 0.4) is 0 Å². The SMILES string of the molecule is CCOC1CC(N)(C(=O)Nc2ccc(SC(F)F)cc2)C1(C)C. The van der Waals surface area contributed by atoms with E-state index in [1.165, 1.54) is 0 Å². The summed E-state index contributed by atoms with van der Waals surface area (Å²) in [6.45, 7) is 6.32. The molecule has 23 heavy (non-hydrogen) atoms. The first-order valence-corrected chi connectivity index (χ1v) is 8.35. The van der Waals surface area contributed by atoms with E-state index < -0.39 is 16.7 Å². The molecule has 3 N–H and O–H groups in total. The predicted molar refractivity (Wildman–Crippen MR) is 87.7 cm³/mol. The van der Waals surface area contributed by atoms with Gasteiger partial charge < -0.3 is 15.8 Å². The molecule has 1 aromatic rings. The third-order valence-corrected chi connectivity index (χ3v) is 5.29. The van der Waals surface area contributed by atoms with Gasteiger partial charge in [0.2, 0.25) is 5.91 Å². The van der Waals surface area contributed by atoms with Crippen molar-refractivity contribution in [3.63, 3.8) is 0 Å². The zero-order valence-corrected chi connectivity index (χ0v) is 14.3. The lowest BCUT2D eigenvalue weighted by Gasteiger charge is -2.57. The first-order valence-electron chi connectivity index (χ1n) is 7.47. The Hall–Kier alpha value is -1.18. The summed E-state index contributed by atoms with van der Waals surface area (Å²) in [5, 5.41) is 2.77. The number of amides is 1. The maximum atomic E-state index is 12.5. The molecule has 0 saturated heterocycles. The molecule has 0 radical (unpaired) electrons. The van der Waals surface area contributed by atoms with Crippen LogP contribution in [0.1, 0.15) is 27.2 Å².